The Morgan fingerprint density at radius 2 is 1.79 bits per heavy atom. The van der Waals surface area contributed by atoms with Gasteiger partial charge in [-0.25, -0.2) is 0 Å². The van der Waals surface area contributed by atoms with Crippen molar-refractivity contribution >= 4 is 0 Å². The highest BCUT2D eigenvalue weighted by atomic mass is 16.3. The molecule has 1 heterocycles. The maximum absolute atomic E-state index is 5.94. The van der Waals surface area contributed by atoms with Crippen molar-refractivity contribution in [3.05, 3.63) is 47.7 Å². The second-order valence-corrected chi connectivity index (χ2v) is 6.24. The van der Waals surface area contributed by atoms with Crippen LogP contribution in [0.2, 0.25) is 0 Å². The van der Waals surface area contributed by atoms with E-state index in [2.05, 4.69) is 45.0 Å². The molecule has 2 nitrogen and oxygen atoms in total. The van der Waals surface area contributed by atoms with E-state index >= 15 is 0 Å². The quantitative estimate of drug-likeness (QED) is 0.897. The molecule has 0 aliphatic heterocycles. The van der Waals surface area contributed by atoms with Crippen molar-refractivity contribution in [2.75, 3.05) is 0 Å². The normalized spacial score (nSPS) is 13.5. The molecule has 1 aromatic heterocycles. The van der Waals surface area contributed by atoms with Crippen molar-refractivity contribution in [1.82, 2.24) is 0 Å². The number of rotatable bonds is 3. The minimum atomic E-state index is 0.102. The molecule has 0 bridgehead atoms. The smallest absolute Gasteiger partial charge is 0.134 e. The third-order valence-corrected chi connectivity index (χ3v) is 3.19. The van der Waals surface area contributed by atoms with Gasteiger partial charge in [-0.2, -0.15) is 0 Å². The van der Waals surface area contributed by atoms with Crippen LogP contribution in [0.25, 0.3) is 11.3 Å². The van der Waals surface area contributed by atoms with E-state index in [0.717, 1.165) is 17.9 Å². The molecule has 2 heteroatoms. The largest absolute Gasteiger partial charge is 0.461 e. The van der Waals surface area contributed by atoms with Crippen molar-refractivity contribution < 1.29 is 4.42 Å². The first kappa shape index (κ1) is 13.9. The molecule has 0 amide bonds. The predicted octanol–water partition coefficient (Wildman–Crippen LogP) is 4.13. The molecule has 0 aliphatic carbocycles. The Kier molecular flexibility index (Phi) is 3.81. The Labute approximate surface area is 115 Å². The van der Waals surface area contributed by atoms with E-state index < -0.39 is 0 Å². The van der Waals surface area contributed by atoms with E-state index in [1.807, 2.05) is 19.1 Å². The molecule has 0 fully saturated rings. The van der Waals surface area contributed by atoms with Gasteiger partial charge in [-0.05, 0) is 30.0 Å². The lowest BCUT2D eigenvalue weighted by atomic mass is 9.83. The second-order valence-electron chi connectivity index (χ2n) is 6.24. The van der Waals surface area contributed by atoms with Crippen LogP contribution in [0.1, 0.15) is 39.0 Å². The third-order valence-electron chi connectivity index (χ3n) is 3.19. The molecule has 102 valence electrons. The minimum absolute atomic E-state index is 0.102. The van der Waals surface area contributed by atoms with Crippen LogP contribution in [0.5, 0.6) is 0 Å². The van der Waals surface area contributed by atoms with Crippen LogP contribution in [0.15, 0.2) is 40.8 Å². The molecule has 2 N–H and O–H groups in total. The summed E-state index contributed by atoms with van der Waals surface area (Å²) < 4.78 is 5.94. The summed E-state index contributed by atoms with van der Waals surface area (Å²) >= 11 is 0. The summed E-state index contributed by atoms with van der Waals surface area (Å²) in [6.45, 7) is 8.65. The molecular weight excluding hydrogens is 234 g/mol. The summed E-state index contributed by atoms with van der Waals surface area (Å²) in [4.78, 5) is 0. The maximum Gasteiger partial charge on any atom is 0.134 e. The van der Waals surface area contributed by atoms with Crippen LogP contribution in [-0.4, -0.2) is 6.04 Å². The lowest BCUT2D eigenvalue weighted by Gasteiger charge is -2.21. The minimum Gasteiger partial charge on any atom is -0.461 e. The fourth-order valence-electron chi connectivity index (χ4n) is 2.30. The highest BCUT2D eigenvalue weighted by molar-refractivity contribution is 5.64. The van der Waals surface area contributed by atoms with Crippen LogP contribution in [-0.2, 0) is 11.8 Å². The van der Waals surface area contributed by atoms with Crippen LogP contribution in [0.4, 0.5) is 0 Å². The standard InChI is InChI=1S/C17H23NO/c1-12(18)11-13-9-10-16(19-13)14-7-5-6-8-15(14)17(2,3)4/h5-10,12H,11,18H2,1-4H3. The fraction of sp³-hybridized carbons (Fsp3) is 0.412. The topological polar surface area (TPSA) is 39.2 Å². The van der Waals surface area contributed by atoms with Gasteiger partial charge in [0.1, 0.15) is 11.5 Å². The molecule has 0 spiro atoms. The zero-order chi connectivity index (χ0) is 14.0. The number of hydrogen-bond donors (Lipinski definition) is 1. The Morgan fingerprint density at radius 3 is 2.42 bits per heavy atom. The van der Waals surface area contributed by atoms with Crippen molar-refractivity contribution in [3.8, 4) is 11.3 Å². The molecule has 1 atom stereocenters. The Bertz CT molecular complexity index is 546. The van der Waals surface area contributed by atoms with Crippen molar-refractivity contribution in [2.45, 2.75) is 45.6 Å². The van der Waals surface area contributed by atoms with E-state index in [1.54, 1.807) is 0 Å². The molecule has 2 rings (SSSR count). The van der Waals surface area contributed by atoms with Crippen LogP contribution < -0.4 is 5.73 Å². The van der Waals surface area contributed by atoms with E-state index in [1.165, 1.54) is 11.1 Å². The molecule has 1 aromatic carbocycles. The summed E-state index contributed by atoms with van der Waals surface area (Å²) in [5.41, 5.74) is 8.39. The zero-order valence-corrected chi connectivity index (χ0v) is 12.2. The summed E-state index contributed by atoms with van der Waals surface area (Å²) in [6, 6.07) is 12.6. The van der Waals surface area contributed by atoms with Gasteiger partial charge in [0.25, 0.3) is 0 Å². The van der Waals surface area contributed by atoms with Crippen LogP contribution in [0.3, 0.4) is 0 Å². The second kappa shape index (κ2) is 5.22. The molecule has 19 heavy (non-hydrogen) atoms. The lowest BCUT2D eigenvalue weighted by molar-refractivity contribution is 0.500. The Hall–Kier alpha value is -1.54. The number of hydrogen-bond acceptors (Lipinski definition) is 2. The van der Waals surface area contributed by atoms with Crippen molar-refractivity contribution in [3.63, 3.8) is 0 Å². The van der Waals surface area contributed by atoms with Gasteiger partial charge < -0.3 is 10.2 Å². The Morgan fingerprint density at radius 1 is 1.11 bits per heavy atom. The van der Waals surface area contributed by atoms with Crippen LogP contribution >= 0.6 is 0 Å². The predicted molar refractivity (Wildman–Crippen MR) is 80.2 cm³/mol. The summed E-state index contributed by atoms with van der Waals surface area (Å²) in [5.74, 6) is 1.88. The van der Waals surface area contributed by atoms with E-state index in [9.17, 15) is 0 Å². The molecule has 1 unspecified atom stereocenters. The first-order valence-corrected chi connectivity index (χ1v) is 6.82. The van der Waals surface area contributed by atoms with Gasteiger partial charge in [-0.1, -0.05) is 45.0 Å². The van der Waals surface area contributed by atoms with Gasteiger partial charge in [-0.15, -0.1) is 0 Å². The number of furan rings is 1. The maximum atomic E-state index is 5.94. The summed E-state index contributed by atoms with van der Waals surface area (Å²) in [7, 11) is 0. The Balaban J connectivity index is 2.39. The molecule has 0 saturated heterocycles. The van der Waals surface area contributed by atoms with E-state index in [0.29, 0.717) is 0 Å². The third kappa shape index (κ3) is 3.27. The molecule has 0 radical (unpaired) electrons. The van der Waals surface area contributed by atoms with Gasteiger partial charge in [0, 0.05) is 18.0 Å². The van der Waals surface area contributed by atoms with Gasteiger partial charge in [0.05, 0.1) is 0 Å². The average Bonchev–Trinajstić information content (AvgIpc) is 2.75. The van der Waals surface area contributed by atoms with E-state index in [-0.39, 0.29) is 11.5 Å². The number of nitrogens with two attached hydrogens (primary N) is 1. The zero-order valence-electron chi connectivity index (χ0n) is 12.2. The highest BCUT2D eigenvalue weighted by Crippen LogP contribution is 2.33. The van der Waals surface area contributed by atoms with Crippen LogP contribution in [0, 0.1) is 0 Å². The fourth-order valence-corrected chi connectivity index (χ4v) is 2.30. The van der Waals surface area contributed by atoms with Crippen molar-refractivity contribution in [1.29, 1.82) is 0 Å². The monoisotopic (exact) mass is 257 g/mol. The van der Waals surface area contributed by atoms with Gasteiger partial charge in [-0.3, -0.25) is 0 Å². The molecular formula is C17H23NO. The summed E-state index contributed by atoms with van der Waals surface area (Å²) in [5, 5.41) is 0. The molecule has 0 aliphatic rings. The SMILES string of the molecule is CC(N)Cc1ccc(-c2ccccc2C(C)(C)C)o1. The number of benzene rings is 1. The summed E-state index contributed by atoms with van der Waals surface area (Å²) in [6.07, 6.45) is 0.775. The highest BCUT2D eigenvalue weighted by Gasteiger charge is 2.19. The van der Waals surface area contributed by atoms with Gasteiger partial charge >= 0.3 is 0 Å². The van der Waals surface area contributed by atoms with E-state index in [4.69, 9.17) is 10.2 Å². The van der Waals surface area contributed by atoms with Gasteiger partial charge in [0.15, 0.2) is 0 Å². The van der Waals surface area contributed by atoms with Crippen molar-refractivity contribution in [2.24, 2.45) is 5.73 Å². The first-order valence-electron chi connectivity index (χ1n) is 6.82. The van der Waals surface area contributed by atoms with Gasteiger partial charge in [0.2, 0.25) is 0 Å². The molecule has 0 saturated carbocycles. The molecule has 2 aromatic rings. The first-order chi connectivity index (χ1) is 8.88. The lowest BCUT2D eigenvalue weighted by Crippen LogP contribution is -2.17. The average molecular weight is 257 g/mol.